The summed E-state index contributed by atoms with van der Waals surface area (Å²) in [4.78, 5) is 8.87. The van der Waals surface area contributed by atoms with Crippen LogP contribution in [-0.2, 0) is 5.41 Å². The fraction of sp³-hybridized carbons (Fsp3) is 0.515. The van der Waals surface area contributed by atoms with Crippen molar-refractivity contribution in [2.75, 3.05) is 0 Å². The Morgan fingerprint density at radius 3 is 1.92 bits per heavy atom. The van der Waals surface area contributed by atoms with Crippen LogP contribution in [-0.4, -0.2) is 0 Å². The molecule has 5 rings (SSSR count). The summed E-state index contributed by atoms with van der Waals surface area (Å²) in [7, 11) is 0. The molecular weight excluding hydrogens is 525 g/mol. The molecule has 0 amide bonds. The van der Waals surface area contributed by atoms with Crippen LogP contribution in [0, 0.1) is 11.8 Å². The monoisotopic (exact) mass is 566 g/mol. The van der Waals surface area contributed by atoms with E-state index in [-0.39, 0.29) is 5.41 Å². The third-order valence-electron chi connectivity index (χ3n) is 8.61. The first-order valence-electron chi connectivity index (χ1n) is 14.5. The van der Waals surface area contributed by atoms with Crippen LogP contribution in [0.5, 0.6) is 0 Å². The fourth-order valence-electron chi connectivity index (χ4n) is 6.46. The van der Waals surface area contributed by atoms with Crippen molar-refractivity contribution in [2.24, 2.45) is 11.8 Å². The highest BCUT2D eigenvalue weighted by molar-refractivity contribution is 7.28. The molecule has 1 aliphatic carbocycles. The average molecular weight is 567 g/mol. The molecule has 4 aromatic heterocycles. The Balaban J connectivity index is 1.57. The van der Waals surface area contributed by atoms with Gasteiger partial charge in [-0.05, 0) is 76.9 Å². The third kappa shape index (κ3) is 5.46. The van der Waals surface area contributed by atoms with E-state index in [4.69, 9.17) is 0 Å². The maximum atomic E-state index is 2.63. The van der Waals surface area contributed by atoms with Gasteiger partial charge in [-0.3, -0.25) is 0 Å². The molecule has 0 radical (unpaired) electrons. The molecule has 0 nitrogen and oxygen atoms in total. The van der Waals surface area contributed by atoms with Crippen molar-refractivity contribution in [3.05, 3.63) is 58.3 Å². The summed E-state index contributed by atoms with van der Waals surface area (Å²) in [5.74, 6) is 1.61. The van der Waals surface area contributed by atoms with Gasteiger partial charge in [-0.15, -0.1) is 45.3 Å². The first-order valence-corrected chi connectivity index (χ1v) is 17.9. The van der Waals surface area contributed by atoms with Crippen molar-refractivity contribution in [1.29, 1.82) is 0 Å². The Labute approximate surface area is 240 Å². The number of hydrogen-bond donors (Lipinski definition) is 0. The molecule has 37 heavy (non-hydrogen) atoms. The smallest absolute Gasteiger partial charge is 0.0493 e. The van der Waals surface area contributed by atoms with Crippen LogP contribution in [0.25, 0.3) is 29.3 Å². The maximum absolute atomic E-state index is 2.63. The minimum Gasteiger partial charge on any atom is -0.143 e. The number of unbranched alkanes of at least 4 members (excludes halogenated alkanes) is 2. The summed E-state index contributed by atoms with van der Waals surface area (Å²) in [5.41, 5.74) is 3.53. The second-order valence-corrected chi connectivity index (χ2v) is 15.0. The highest BCUT2D eigenvalue weighted by Crippen LogP contribution is 2.61. The Morgan fingerprint density at radius 1 is 0.649 bits per heavy atom. The molecule has 0 aromatic carbocycles. The molecule has 2 unspecified atom stereocenters. The van der Waals surface area contributed by atoms with E-state index in [2.05, 4.69) is 86.2 Å². The fourth-order valence-corrected chi connectivity index (χ4v) is 10.8. The molecule has 198 valence electrons. The average Bonchev–Trinajstić information content (AvgIpc) is 3.73. The zero-order valence-electron chi connectivity index (χ0n) is 23.0. The standard InChI is InChI=1S/C33H42S4/c1-5-9-12-23(7-3)21-33(22-24(8-4)13-10-6-2)25-17-19-35-31(25)32-26(33)20-30(37-32)29-16-15-28(36-29)27-14-11-18-34-27/h11,14-20,23-24H,5-10,12-13,21-22H2,1-4H3. The molecule has 0 bridgehead atoms. The summed E-state index contributed by atoms with van der Waals surface area (Å²) in [5, 5.41) is 4.56. The van der Waals surface area contributed by atoms with Gasteiger partial charge >= 0.3 is 0 Å². The lowest BCUT2D eigenvalue weighted by molar-refractivity contribution is 0.266. The Bertz CT molecular complexity index is 1230. The van der Waals surface area contributed by atoms with Gasteiger partial charge in [0, 0.05) is 34.7 Å². The second-order valence-electron chi connectivity index (χ2n) is 11.0. The Morgan fingerprint density at radius 2 is 1.32 bits per heavy atom. The van der Waals surface area contributed by atoms with Gasteiger partial charge in [0.25, 0.3) is 0 Å². The summed E-state index contributed by atoms with van der Waals surface area (Å²) < 4.78 is 0. The topological polar surface area (TPSA) is 0 Å². The third-order valence-corrected chi connectivity index (χ3v) is 13.2. The molecule has 4 heteroatoms. The van der Waals surface area contributed by atoms with Gasteiger partial charge in [0.05, 0.1) is 0 Å². The van der Waals surface area contributed by atoms with Gasteiger partial charge < -0.3 is 0 Å². The molecule has 0 spiro atoms. The largest absolute Gasteiger partial charge is 0.143 e. The van der Waals surface area contributed by atoms with Gasteiger partial charge in [-0.2, -0.15) is 0 Å². The zero-order chi connectivity index (χ0) is 25.8. The van der Waals surface area contributed by atoms with Crippen LogP contribution >= 0.6 is 45.3 Å². The molecular formula is C33H42S4. The van der Waals surface area contributed by atoms with Crippen LogP contribution in [0.2, 0.25) is 0 Å². The van der Waals surface area contributed by atoms with Crippen LogP contribution in [0.4, 0.5) is 0 Å². The number of thiophene rings is 4. The Hall–Kier alpha value is -1.20. The van der Waals surface area contributed by atoms with Crippen molar-refractivity contribution in [3.63, 3.8) is 0 Å². The summed E-state index contributed by atoms with van der Waals surface area (Å²) in [6.07, 6.45) is 13.3. The lowest BCUT2D eigenvalue weighted by Crippen LogP contribution is -2.31. The SMILES string of the molecule is CCCCC(CC)CC1(CC(CC)CCCC)c2ccsc2-c2sc(-c3ccc(-c4cccs4)s3)cc21. The molecule has 0 saturated carbocycles. The zero-order valence-corrected chi connectivity index (χ0v) is 26.2. The van der Waals surface area contributed by atoms with Crippen molar-refractivity contribution in [2.45, 2.75) is 97.3 Å². The summed E-state index contributed by atoms with van der Waals surface area (Å²) >= 11 is 7.87. The van der Waals surface area contributed by atoms with Gasteiger partial charge in [0.15, 0.2) is 0 Å². The van der Waals surface area contributed by atoms with E-state index < -0.39 is 0 Å². The first kappa shape index (κ1) is 27.4. The number of fused-ring (bicyclic) bond motifs is 3. The second kappa shape index (κ2) is 12.3. The molecule has 0 N–H and O–H groups in total. The van der Waals surface area contributed by atoms with E-state index in [1.165, 1.54) is 83.7 Å². The molecule has 0 saturated heterocycles. The number of hydrogen-bond acceptors (Lipinski definition) is 4. The molecule has 4 heterocycles. The van der Waals surface area contributed by atoms with Crippen LogP contribution in [0.1, 0.15) is 103 Å². The first-order chi connectivity index (χ1) is 18.1. The van der Waals surface area contributed by atoms with E-state index >= 15 is 0 Å². The van der Waals surface area contributed by atoms with E-state index in [1.807, 2.05) is 34.0 Å². The molecule has 0 fully saturated rings. The number of rotatable bonds is 14. The van der Waals surface area contributed by atoms with Gasteiger partial charge in [0.2, 0.25) is 0 Å². The normalized spacial score (nSPS) is 18.2. The van der Waals surface area contributed by atoms with E-state index in [0.717, 1.165) is 11.8 Å². The van der Waals surface area contributed by atoms with Crippen LogP contribution in [0.3, 0.4) is 0 Å². The van der Waals surface area contributed by atoms with E-state index in [9.17, 15) is 0 Å². The van der Waals surface area contributed by atoms with E-state index in [1.54, 1.807) is 20.9 Å². The van der Waals surface area contributed by atoms with Crippen LogP contribution < -0.4 is 0 Å². The highest BCUT2D eigenvalue weighted by atomic mass is 32.1. The molecule has 2 atom stereocenters. The molecule has 0 aliphatic heterocycles. The summed E-state index contributed by atoms with van der Waals surface area (Å²) in [6.45, 7) is 9.57. The van der Waals surface area contributed by atoms with Crippen molar-refractivity contribution in [3.8, 4) is 29.3 Å². The van der Waals surface area contributed by atoms with Crippen molar-refractivity contribution in [1.82, 2.24) is 0 Å². The molecule has 4 aromatic rings. The Kier molecular flexibility index (Phi) is 9.12. The predicted molar refractivity (Wildman–Crippen MR) is 171 cm³/mol. The van der Waals surface area contributed by atoms with Crippen molar-refractivity contribution < 1.29 is 0 Å². The summed E-state index contributed by atoms with van der Waals surface area (Å²) in [6, 6.07) is 14.2. The van der Waals surface area contributed by atoms with Gasteiger partial charge in [-0.25, -0.2) is 0 Å². The minimum absolute atomic E-state index is 0.191. The predicted octanol–water partition coefficient (Wildman–Crippen LogP) is 12.7. The molecule has 1 aliphatic rings. The lowest BCUT2D eigenvalue weighted by Gasteiger charge is -2.37. The quantitative estimate of drug-likeness (QED) is 0.142. The van der Waals surface area contributed by atoms with Crippen LogP contribution in [0.15, 0.2) is 47.2 Å². The maximum Gasteiger partial charge on any atom is 0.0493 e. The van der Waals surface area contributed by atoms with E-state index in [0.29, 0.717) is 0 Å². The van der Waals surface area contributed by atoms with Crippen molar-refractivity contribution >= 4 is 45.3 Å². The van der Waals surface area contributed by atoms with Gasteiger partial charge in [0.1, 0.15) is 0 Å². The highest BCUT2D eigenvalue weighted by Gasteiger charge is 2.47. The minimum atomic E-state index is 0.191. The lowest BCUT2D eigenvalue weighted by atomic mass is 9.66. The van der Waals surface area contributed by atoms with Gasteiger partial charge in [-0.1, -0.05) is 85.1 Å².